The van der Waals surface area contributed by atoms with Gasteiger partial charge < -0.3 is 4.74 Å². The van der Waals surface area contributed by atoms with Gasteiger partial charge >= 0.3 is 0 Å². The third-order valence-electron chi connectivity index (χ3n) is 6.03. The molecule has 5 rings (SSSR count). The van der Waals surface area contributed by atoms with Gasteiger partial charge in [-0.2, -0.15) is 0 Å². The van der Waals surface area contributed by atoms with E-state index in [0.717, 1.165) is 16.8 Å². The number of fused-ring (bicyclic) bond motifs is 3. The van der Waals surface area contributed by atoms with Gasteiger partial charge in [-0.3, -0.25) is 14.0 Å². The minimum absolute atomic E-state index is 0.0263. The molecule has 0 amide bonds. The van der Waals surface area contributed by atoms with E-state index in [1.54, 1.807) is 42.0 Å². The second-order valence-electron chi connectivity index (χ2n) is 8.42. The van der Waals surface area contributed by atoms with E-state index in [9.17, 15) is 9.59 Å². The number of aromatic nitrogens is 4. The molecule has 0 radical (unpaired) electrons. The van der Waals surface area contributed by atoms with Gasteiger partial charge in [0.05, 0.1) is 29.0 Å². The summed E-state index contributed by atoms with van der Waals surface area (Å²) in [5, 5.41) is 9.50. The molecule has 0 saturated carbocycles. The van der Waals surface area contributed by atoms with Crippen molar-refractivity contribution in [1.29, 1.82) is 0 Å². The monoisotopic (exact) mass is 484 g/mol. The Balaban J connectivity index is 1.65. The summed E-state index contributed by atoms with van der Waals surface area (Å²) >= 11 is 1.32. The molecule has 2 aromatic heterocycles. The number of methoxy groups -OCH3 is 1. The van der Waals surface area contributed by atoms with E-state index in [-0.39, 0.29) is 11.3 Å². The van der Waals surface area contributed by atoms with E-state index < -0.39 is 5.25 Å². The summed E-state index contributed by atoms with van der Waals surface area (Å²) in [6.45, 7) is 5.81. The van der Waals surface area contributed by atoms with Crippen molar-refractivity contribution in [2.75, 3.05) is 7.11 Å². The number of benzene rings is 3. The maximum atomic E-state index is 13.6. The van der Waals surface area contributed by atoms with Crippen molar-refractivity contribution in [3.8, 4) is 11.4 Å². The summed E-state index contributed by atoms with van der Waals surface area (Å²) < 4.78 is 8.66. The number of thioether (sulfide) groups is 1. The zero-order valence-corrected chi connectivity index (χ0v) is 20.7. The molecule has 176 valence electrons. The maximum Gasteiger partial charge on any atom is 0.267 e. The third-order valence-corrected chi connectivity index (χ3v) is 7.07. The molecular formula is C27H24N4O3S. The normalized spacial score (nSPS) is 12.2. The Morgan fingerprint density at radius 2 is 1.74 bits per heavy atom. The van der Waals surface area contributed by atoms with Crippen molar-refractivity contribution in [2.45, 2.75) is 31.2 Å². The van der Waals surface area contributed by atoms with Gasteiger partial charge in [-0.25, -0.2) is 4.57 Å². The predicted molar refractivity (Wildman–Crippen MR) is 138 cm³/mol. The van der Waals surface area contributed by atoms with Crippen LogP contribution in [0.1, 0.15) is 28.4 Å². The van der Waals surface area contributed by atoms with Crippen LogP contribution in [0.3, 0.4) is 0 Å². The number of nitrogens with zero attached hydrogens (tertiary/aromatic N) is 4. The van der Waals surface area contributed by atoms with E-state index in [0.29, 0.717) is 33.1 Å². The van der Waals surface area contributed by atoms with Gasteiger partial charge in [0.2, 0.25) is 5.78 Å². The molecule has 35 heavy (non-hydrogen) atoms. The summed E-state index contributed by atoms with van der Waals surface area (Å²) in [5.41, 5.74) is 3.89. The molecule has 2 heterocycles. The minimum Gasteiger partial charge on any atom is -0.497 e. The van der Waals surface area contributed by atoms with Crippen molar-refractivity contribution >= 4 is 34.2 Å². The van der Waals surface area contributed by atoms with E-state index in [1.165, 1.54) is 11.8 Å². The van der Waals surface area contributed by atoms with Crippen LogP contribution in [-0.2, 0) is 0 Å². The Kier molecular flexibility index (Phi) is 5.90. The molecule has 1 unspecified atom stereocenters. The quantitative estimate of drug-likeness (QED) is 0.249. The Morgan fingerprint density at radius 3 is 2.49 bits per heavy atom. The maximum absolute atomic E-state index is 13.6. The molecule has 0 aliphatic heterocycles. The largest absolute Gasteiger partial charge is 0.497 e. The zero-order chi connectivity index (χ0) is 24.7. The third kappa shape index (κ3) is 4.00. The Morgan fingerprint density at radius 1 is 1.00 bits per heavy atom. The molecule has 0 saturated heterocycles. The average molecular weight is 485 g/mol. The molecule has 0 fully saturated rings. The Hall–Kier alpha value is -3.91. The standard InChI is InChI=1S/C27H24N4O3S/c1-16-9-10-17(2)23(15-16)30-25(33)21-7-5-6-8-22(21)31-26(30)28-29-27(31)35-18(3)24(32)19-11-13-20(34-4)14-12-19/h5-15,18H,1-4H3. The van der Waals surface area contributed by atoms with Crippen molar-refractivity contribution in [2.24, 2.45) is 0 Å². The second-order valence-corrected chi connectivity index (χ2v) is 9.73. The van der Waals surface area contributed by atoms with Crippen LogP contribution in [-0.4, -0.2) is 37.3 Å². The average Bonchev–Trinajstić information content (AvgIpc) is 3.29. The fraction of sp³-hybridized carbons (Fsp3) is 0.185. The molecule has 3 aromatic carbocycles. The van der Waals surface area contributed by atoms with Gasteiger partial charge in [0, 0.05) is 5.56 Å². The fourth-order valence-electron chi connectivity index (χ4n) is 4.13. The first-order chi connectivity index (χ1) is 16.9. The number of Topliss-reactive ketones (excluding diaryl/α,β-unsaturated/α-hetero) is 1. The van der Waals surface area contributed by atoms with Crippen LogP contribution < -0.4 is 10.3 Å². The molecule has 0 aliphatic rings. The topological polar surface area (TPSA) is 78.5 Å². The van der Waals surface area contributed by atoms with Crippen LogP contribution >= 0.6 is 11.8 Å². The number of rotatable bonds is 6. The van der Waals surface area contributed by atoms with E-state index >= 15 is 0 Å². The lowest BCUT2D eigenvalue weighted by atomic mass is 10.1. The molecule has 8 heteroatoms. The van der Waals surface area contributed by atoms with Gasteiger partial charge in [-0.1, -0.05) is 36.0 Å². The van der Waals surface area contributed by atoms with Crippen molar-refractivity contribution in [1.82, 2.24) is 19.2 Å². The molecule has 1 atom stereocenters. The first-order valence-electron chi connectivity index (χ1n) is 11.2. The summed E-state index contributed by atoms with van der Waals surface area (Å²) in [4.78, 5) is 26.7. The van der Waals surface area contributed by atoms with Gasteiger partial charge in [0.25, 0.3) is 5.56 Å². The SMILES string of the molecule is COc1ccc(C(=O)C(C)Sc2nnc3n(-c4cc(C)ccc4C)c(=O)c4ccccc4n23)cc1. The molecule has 0 N–H and O–H groups in total. The molecule has 7 nitrogen and oxygen atoms in total. The molecule has 0 aliphatic carbocycles. The van der Waals surface area contributed by atoms with Crippen LogP contribution in [0.5, 0.6) is 5.75 Å². The Labute approximate surface area is 206 Å². The highest BCUT2D eigenvalue weighted by molar-refractivity contribution is 8.00. The van der Waals surface area contributed by atoms with Gasteiger partial charge in [0.15, 0.2) is 10.9 Å². The van der Waals surface area contributed by atoms with E-state index in [1.807, 2.05) is 61.6 Å². The summed E-state index contributed by atoms with van der Waals surface area (Å²) in [6, 6.07) is 20.4. The lowest BCUT2D eigenvalue weighted by molar-refractivity contribution is 0.0994. The van der Waals surface area contributed by atoms with Crippen LogP contribution in [0, 0.1) is 13.8 Å². The van der Waals surface area contributed by atoms with Crippen LogP contribution in [0.4, 0.5) is 0 Å². The first-order valence-corrected chi connectivity index (χ1v) is 12.1. The first kappa shape index (κ1) is 22.9. The highest BCUT2D eigenvalue weighted by atomic mass is 32.2. The Bertz CT molecular complexity index is 1640. The highest BCUT2D eigenvalue weighted by Gasteiger charge is 2.23. The fourth-order valence-corrected chi connectivity index (χ4v) is 5.07. The molecule has 0 spiro atoms. The number of aryl methyl sites for hydroxylation is 2. The number of para-hydroxylation sites is 1. The lowest BCUT2D eigenvalue weighted by Gasteiger charge is -2.14. The smallest absolute Gasteiger partial charge is 0.267 e. The predicted octanol–water partition coefficient (Wildman–Crippen LogP) is 5.02. The number of carbonyl (C=O) groups excluding carboxylic acids is 1. The molecular weight excluding hydrogens is 460 g/mol. The number of ketones is 1. The highest BCUT2D eigenvalue weighted by Crippen LogP contribution is 2.28. The van der Waals surface area contributed by atoms with Gasteiger partial charge in [-0.05, 0) is 74.4 Å². The van der Waals surface area contributed by atoms with Crippen molar-refractivity contribution < 1.29 is 9.53 Å². The summed E-state index contributed by atoms with van der Waals surface area (Å²) in [6.07, 6.45) is 0. The van der Waals surface area contributed by atoms with Crippen LogP contribution in [0.25, 0.3) is 22.4 Å². The van der Waals surface area contributed by atoms with Crippen LogP contribution in [0.2, 0.25) is 0 Å². The minimum atomic E-state index is -0.421. The lowest BCUT2D eigenvalue weighted by Crippen LogP contribution is -2.23. The van der Waals surface area contributed by atoms with Gasteiger partial charge in [0.1, 0.15) is 5.75 Å². The van der Waals surface area contributed by atoms with E-state index in [4.69, 9.17) is 4.74 Å². The van der Waals surface area contributed by atoms with Crippen LogP contribution in [0.15, 0.2) is 76.7 Å². The second kappa shape index (κ2) is 9.03. The van der Waals surface area contributed by atoms with E-state index in [2.05, 4.69) is 10.2 Å². The van der Waals surface area contributed by atoms with Crippen molar-refractivity contribution in [3.63, 3.8) is 0 Å². The zero-order valence-electron chi connectivity index (χ0n) is 19.9. The number of carbonyl (C=O) groups is 1. The summed E-state index contributed by atoms with van der Waals surface area (Å²) in [7, 11) is 1.59. The number of hydrogen-bond acceptors (Lipinski definition) is 6. The summed E-state index contributed by atoms with van der Waals surface area (Å²) in [5.74, 6) is 1.08. The molecule has 5 aromatic rings. The molecule has 0 bridgehead atoms. The number of hydrogen-bond donors (Lipinski definition) is 0. The van der Waals surface area contributed by atoms with Crippen molar-refractivity contribution in [3.05, 3.63) is 93.8 Å². The van der Waals surface area contributed by atoms with Gasteiger partial charge in [-0.15, -0.1) is 10.2 Å². The number of ether oxygens (including phenoxy) is 1.